The molecule has 3 rings (SSSR count). The summed E-state index contributed by atoms with van der Waals surface area (Å²) in [6.45, 7) is 2.46. The summed E-state index contributed by atoms with van der Waals surface area (Å²) in [4.78, 5) is 22.6. The summed E-state index contributed by atoms with van der Waals surface area (Å²) >= 11 is 6.12. The van der Waals surface area contributed by atoms with Gasteiger partial charge in [-0.25, -0.2) is 9.78 Å². The molecule has 24 heavy (non-hydrogen) atoms. The van der Waals surface area contributed by atoms with Gasteiger partial charge in [-0.1, -0.05) is 11.6 Å². The quantitative estimate of drug-likeness (QED) is 0.571. The van der Waals surface area contributed by atoms with Crippen molar-refractivity contribution in [3.8, 4) is 5.88 Å². The Morgan fingerprint density at radius 2 is 2.04 bits per heavy atom. The van der Waals surface area contributed by atoms with E-state index >= 15 is 0 Å². The minimum Gasteiger partial charge on any atom is -0.466 e. The van der Waals surface area contributed by atoms with Crippen LogP contribution in [0.5, 0.6) is 5.88 Å². The average Bonchev–Trinajstić information content (AvgIpc) is 3.35. The van der Waals surface area contributed by atoms with Crippen LogP contribution >= 0.6 is 11.6 Å². The third-order valence-corrected chi connectivity index (χ3v) is 4.71. The number of hydrogen-bond acceptors (Lipinski definition) is 7. The lowest BCUT2D eigenvalue weighted by molar-refractivity contribution is -0.151. The molecule has 2 aliphatic rings. The summed E-state index contributed by atoms with van der Waals surface area (Å²) in [5, 5.41) is 0.301. The van der Waals surface area contributed by atoms with Crippen molar-refractivity contribution in [2.75, 3.05) is 38.8 Å². The van der Waals surface area contributed by atoms with Crippen molar-refractivity contribution < 1.29 is 19.0 Å². The molecule has 1 saturated heterocycles. The lowest BCUT2D eigenvalue weighted by Gasteiger charge is -2.31. The van der Waals surface area contributed by atoms with Crippen molar-refractivity contribution >= 4 is 23.5 Å². The van der Waals surface area contributed by atoms with E-state index in [1.807, 2.05) is 0 Å². The standard InChI is InChI=1S/C16H22ClN3O4/c1-22-10-11-3-7-20(8-4-11)15-18-12(17)9-13(19-15)24-16(5-6-16)14(21)23-2/h9,11H,3-8,10H2,1-2H3. The molecule has 1 aromatic rings. The number of methoxy groups -OCH3 is 2. The van der Waals surface area contributed by atoms with Crippen molar-refractivity contribution in [1.29, 1.82) is 0 Å². The van der Waals surface area contributed by atoms with Crippen molar-refractivity contribution in [3.63, 3.8) is 0 Å². The molecule has 2 fully saturated rings. The number of carbonyl (C=O) groups excluding carboxylic acids is 1. The molecule has 7 nitrogen and oxygen atoms in total. The maximum atomic E-state index is 11.8. The molecule has 0 radical (unpaired) electrons. The third kappa shape index (κ3) is 3.72. The highest BCUT2D eigenvalue weighted by atomic mass is 35.5. The van der Waals surface area contributed by atoms with E-state index in [1.54, 1.807) is 7.11 Å². The van der Waals surface area contributed by atoms with Gasteiger partial charge in [0, 0.05) is 45.7 Å². The van der Waals surface area contributed by atoms with Gasteiger partial charge in [0.25, 0.3) is 0 Å². The summed E-state index contributed by atoms with van der Waals surface area (Å²) in [7, 11) is 3.08. The molecule has 0 spiro atoms. The van der Waals surface area contributed by atoms with Crippen molar-refractivity contribution in [3.05, 3.63) is 11.2 Å². The lowest BCUT2D eigenvalue weighted by atomic mass is 9.98. The molecule has 1 aliphatic heterocycles. The number of esters is 1. The largest absolute Gasteiger partial charge is 0.466 e. The van der Waals surface area contributed by atoms with Crippen LogP contribution in [-0.4, -0.2) is 55.5 Å². The fourth-order valence-electron chi connectivity index (χ4n) is 2.96. The summed E-state index contributed by atoms with van der Waals surface area (Å²) in [5.41, 5.74) is -0.908. The number of carbonyl (C=O) groups is 1. The second kappa shape index (κ2) is 7.11. The molecule has 0 unspecified atom stereocenters. The highest BCUT2D eigenvalue weighted by molar-refractivity contribution is 6.29. The molecule has 8 heteroatoms. The smallest absolute Gasteiger partial charge is 0.350 e. The van der Waals surface area contributed by atoms with E-state index in [-0.39, 0.29) is 5.97 Å². The van der Waals surface area contributed by atoms with Gasteiger partial charge in [0.15, 0.2) is 0 Å². The van der Waals surface area contributed by atoms with Gasteiger partial charge in [0.05, 0.1) is 7.11 Å². The van der Waals surface area contributed by atoms with Gasteiger partial charge in [0.2, 0.25) is 17.4 Å². The van der Waals surface area contributed by atoms with Crippen molar-refractivity contribution in [1.82, 2.24) is 9.97 Å². The summed E-state index contributed by atoms with van der Waals surface area (Å²) in [5.74, 6) is 1.04. The van der Waals surface area contributed by atoms with Gasteiger partial charge in [-0.05, 0) is 18.8 Å². The summed E-state index contributed by atoms with van der Waals surface area (Å²) in [6, 6.07) is 1.53. The van der Waals surface area contributed by atoms with Crippen LogP contribution in [0.1, 0.15) is 25.7 Å². The fraction of sp³-hybridized carbons (Fsp3) is 0.688. The topological polar surface area (TPSA) is 73.8 Å². The Morgan fingerprint density at radius 3 is 2.62 bits per heavy atom. The Labute approximate surface area is 146 Å². The monoisotopic (exact) mass is 355 g/mol. The fourth-order valence-corrected chi connectivity index (χ4v) is 3.13. The number of hydrogen-bond donors (Lipinski definition) is 0. The zero-order chi connectivity index (χ0) is 17.2. The highest BCUT2D eigenvalue weighted by Crippen LogP contribution is 2.41. The van der Waals surface area contributed by atoms with Crippen LogP contribution in [0.4, 0.5) is 5.95 Å². The van der Waals surface area contributed by atoms with Gasteiger partial charge < -0.3 is 19.1 Å². The number of halogens is 1. The summed E-state index contributed by atoms with van der Waals surface area (Å²) in [6.07, 6.45) is 3.29. The highest BCUT2D eigenvalue weighted by Gasteiger charge is 2.54. The number of nitrogens with zero attached hydrogens (tertiary/aromatic N) is 3. The van der Waals surface area contributed by atoms with Gasteiger partial charge >= 0.3 is 5.97 Å². The van der Waals surface area contributed by atoms with Gasteiger partial charge in [0.1, 0.15) is 5.15 Å². The second-order valence-corrected chi connectivity index (χ2v) is 6.69. The first-order valence-corrected chi connectivity index (χ1v) is 8.50. The van der Waals surface area contributed by atoms with E-state index < -0.39 is 5.60 Å². The van der Waals surface area contributed by atoms with Crippen molar-refractivity contribution in [2.45, 2.75) is 31.3 Å². The molecule has 0 amide bonds. The van der Waals surface area contributed by atoms with E-state index in [0.29, 0.717) is 35.7 Å². The maximum absolute atomic E-state index is 11.8. The van der Waals surface area contributed by atoms with Gasteiger partial charge in [-0.3, -0.25) is 0 Å². The van der Waals surface area contributed by atoms with Crippen LogP contribution in [0.3, 0.4) is 0 Å². The number of piperidine rings is 1. The average molecular weight is 356 g/mol. The third-order valence-electron chi connectivity index (χ3n) is 4.52. The Balaban J connectivity index is 1.70. The molecular formula is C16H22ClN3O4. The molecule has 0 aromatic carbocycles. The molecule has 0 atom stereocenters. The Hall–Kier alpha value is -1.60. The molecule has 1 aliphatic carbocycles. The van der Waals surface area contributed by atoms with Crippen LogP contribution in [-0.2, 0) is 14.3 Å². The molecule has 2 heterocycles. The zero-order valence-electron chi connectivity index (χ0n) is 14.0. The van der Waals surface area contributed by atoms with E-state index in [4.69, 9.17) is 25.8 Å². The van der Waals surface area contributed by atoms with E-state index in [0.717, 1.165) is 32.5 Å². The molecule has 0 N–H and O–H groups in total. The lowest BCUT2D eigenvalue weighted by Crippen LogP contribution is -2.36. The number of rotatable bonds is 6. The predicted octanol–water partition coefficient (Wildman–Crippen LogP) is 2.08. The Morgan fingerprint density at radius 1 is 1.33 bits per heavy atom. The number of aromatic nitrogens is 2. The van der Waals surface area contributed by atoms with Crippen LogP contribution < -0.4 is 9.64 Å². The summed E-state index contributed by atoms with van der Waals surface area (Å²) < 4.78 is 15.8. The number of ether oxygens (including phenoxy) is 3. The maximum Gasteiger partial charge on any atom is 0.350 e. The zero-order valence-corrected chi connectivity index (χ0v) is 14.7. The van der Waals surface area contributed by atoms with Crippen LogP contribution in [0.2, 0.25) is 5.15 Å². The first kappa shape index (κ1) is 17.2. The molecule has 0 bridgehead atoms. The molecule has 1 saturated carbocycles. The first-order chi connectivity index (χ1) is 11.6. The predicted molar refractivity (Wildman–Crippen MR) is 88.5 cm³/mol. The molecular weight excluding hydrogens is 334 g/mol. The Bertz CT molecular complexity index is 601. The van der Waals surface area contributed by atoms with Gasteiger partial charge in [-0.15, -0.1) is 0 Å². The van der Waals surface area contributed by atoms with Crippen molar-refractivity contribution in [2.24, 2.45) is 5.92 Å². The Kier molecular flexibility index (Phi) is 5.10. The second-order valence-electron chi connectivity index (χ2n) is 6.30. The van der Waals surface area contributed by atoms with Crippen LogP contribution in [0, 0.1) is 5.92 Å². The van der Waals surface area contributed by atoms with Gasteiger partial charge in [-0.2, -0.15) is 4.98 Å². The van der Waals surface area contributed by atoms with E-state index in [9.17, 15) is 4.79 Å². The number of anilines is 1. The molecule has 132 valence electrons. The van der Waals surface area contributed by atoms with E-state index in [2.05, 4.69) is 14.9 Å². The van der Waals surface area contributed by atoms with E-state index in [1.165, 1.54) is 13.2 Å². The van der Waals surface area contributed by atoms with Crippen LogP contribution in [0.25, 0.3) is 0 Å². The first-order valence-electron chi connectivity index (χ1n) is 8.12. The normalized spacial score (nSPS) is 19.9. The minimum atomic E-state index is -0.908. The molecule has 1 aromatic heterocycles. The minimum absolute atomic E-state index is 0.301. The van der Waals surface area contributed by atoms with Crippen LogP contribution in [0.15, 0.2) is 6.07 Å². The SMILES string of the molecule is COCC1CCN(c2nc(Cl)cc(OC3(C(=O)OC)CC3)n2)CC1.